The number of fused-ring (bicyclic) bond motifs is 1. The molecular formula is C29H31ClF4N4O2. The number of benzene rings is 2. The first-order chi connectivity index (χ1) is 18.8. The van der Waals surface area contributed by atoms with Crippen LogP contribution in [-0.4, -0.2) is 29.0 Å². The standard InChI is InChI=1S/C29H31ClF4N4O2/c1-28(2,3)27(40)36-15-16-7-12-21(30)23(24(16)31)26(39)38-22-6-4-5-20-19(22)13-14-35-25(20)37-18-10-8-17(9-11-18)29(32,33)34/h4-7,12-14,17-18H,8-11,15H2,1-3H3,(H,35,37)(H,36,40)(H,38,39). The molecule has 0 atom stereocenters. The number of aromatic nitrogens is 1. The Morgan fingerprint density at radius 3 is 2.35 bits per heavy atom. The third kappa shape index (κ3) is 6.66. The molecule has 2 aromatic carbocycles. The van der Waals surface area contributed by atoms with Gasteiger partial charge in [-0.05, 0) is 43.9 Å². The van der Waals surface area contributed by atoms with E-state index in [-0.39, 0.29) is 47.5 Å². The Labute approximate surface area is 234 Å². The first-order valence-electron chi connectivity index (χ1n) is 13.0. The Morgan fingerprint density at radius 1 is 1.00 bits per heavy atom. The number of nitrogens with one attached hydrogen (secondary N) is 3. The largest absolute Gasteiger partial charge is 0.391 e. The minimum Gasteiger partial charge on any atom is -0.367 e. The highest BCUT2D eigenvalue weighted by atomic mass is 35.5. The lowest BCUT2D eigenvalue weighted by Crippen LogP contribution is -2.34. The highest BCUT2D eigenvalue weighted by Crippen LogP contribution is 2.39. The summed E-state index contributed by atoms with van der Waals surface area (Å²) in [6.07, 6.45) is -1.81. The van der Waals surface area contributed by atoms with Gasteiger partial charge in [-0.3, -0.25) is 9.59 Å². The molecule has 214 valence electrons. The van der Waals surface area contributed by atoms with Gasteiger partial charge in [-0.1, -0.05) is 50.6 Å². The van der Waals surface area contributed by atoms with E-state index in [0.29, 0.717) is 35.1 Å². The van der Waals surface area contributed by atoms with Crippen LogP contribution in [0.4, 0.5) is 29.1 Å². The van der Waals surface area contributed by atoms with Gasteiger partial charge < -0.3 is 16.0 Å². The summed E-state index contributed by atoms with van der Waals surface area (Å²) < 4.78 is 54.5. The number of pyridine rings is 1. The fourth-order valence-electron chi connectivity index (χ4n) is 4.76. The quantitative estimate of drug-likeness (QED) is 0.265. The Morgan fingerprint density at radius 2 is 1.70 bits per heavy atom. The Hall–Kier alpha value is -3.40. The molecule has 0 radical (unpaired) electrons. The van der Waals surface area contributed by atoms with Crippen LogP contribution in [0.2, 0.25) is 5.02 Å². The van der Waals surface area contributed by atoms with Gasteiger partial charge in [0.25, 0.3) is 5.91 Å². The van der Waals surface area contributed by atoms with Gasteiger partial charge >= 0.3 is 6.18 Å². The van der Waals surface area contributed by atoms with Crippen molar-refractivity contribution in [2.45, 2.75) is 65.2 Å². The lowest BCUT2D eigenvalue weighted by Gasteiger charge is -2.30. The van der Waals surface area contributed by atoms with Crippen molar-refractivity contribution in [1.82, 2.24) is 10.3 Å². The van der Waals surface area contributed by atoms with Gasteiger partial charge in [-0.2, -0.15) is 13.2 Å². The minimum absolute atomic E-state index is 0.0541. The second-order valence-electron chi connectivity index (χ2n) is 11.1. The van der Waals surface area contributed by atoms with Crippen LogP contribution in [0.3, 0.4) is 0 Å². The van der Waals surface area contributed by atoms with Crippen molar-refractivity contribution in [3.63, 3.8) is 0 Å². The number of carbonyl (C=O) groups excluding carboxylic acids is 2. The third-order valence-corrected chi connectivity index (χ3v) is 7.42. The average Bonchev–Trinajstić information content (AvgIpc) is 2.88. The third-order valence-electron chi connectivity index (χ3n) is 7.10. The molecular weight excluding hydrogens is 548 g/mol. The first kappa shape index (κ1) is 29.6. The topological polar surface area (TPSA) is 83.1 Å². The SMILES string of the molecule is CC(C)(C)C(=O)NCc1ccc(Cl)c(C(=O)Nc2cccc3c(NC4CCC(C(F)(F)F)CC4)nccc23)c1F. The van der Waals surface area contributed by atoms with E-state index in [1.807, 2.05) is 0 Å². The average molecular weight is 579 g/mol. The maximum Gasteiger partial charge on any atom is 0.391 e. The summed E-state index contributed by atoms with van der Waals surface area (Å²) in [6.45, 7) is 5.09. The first-order valence-corrected chi connectivity index (χ1v) is 13.4. The van der Waals surface area contributed by atoms with Crippen LogP contribution in [0.25, 0.3) is 10.8 Å². The normalized spacial score (nSPS) is 17.9. The van der Waals surface area contributed by atoms with E-state index in [1.54, 1.807) is 45.0 Å². The van der Waals surface area contributed by atoms with E-state index >= 15 is 4.39 Å². The van der Waals surface area contributed by atoms with E-state index < -0.39 is 29.2 Å². The van der Waals surface area contributed by atoms with E-state index in [9.17, 15) is 22.8 Å². The number of anilines is 2. The molecule has 3 aromatic rings. The molecule has 3 N–H and O–H groups in total. The van der Waals surface area contributed by atoms with Crippen molar-refractivity contribution in [3.8, 4) is 0 Å². The van der Waals surface area contributed by atoms with Crippen molar-refractivity contribution in [3.05, 3.63) is 64.6 Å². The molecule has 4 rings (SSSR count). The van der Waals surface area contributed by atoms with Crippen molar-refractivity contribution in [1.29, 1.82) is 0 Å². The summed E-state index contributed by atoms with van der Waals surface area (Å²) in [5, 5.41) is 9.83. The predicted octanol–water partition coefficient (Wildman–Crippen LogP) is 7.47. The fourth-order valence-corrected chi connectivity index (χ4v) is 4.99. The molecule has 0 aliphatic heterocycles. The number of amides is 2. The second-order valence-corrected chi connectivity index (χ2v) is 11.5. The van der Waals surface area contributed by atoms with Crippen molar-refractivity contribution in [2.75, 3.05) is 10.6 Å². The molecule has 1 heterocycles. The summed E-state index contributed by atoms with van der Waals surface area (Å²) in [4.78, 5) is 29.8. The molecule has 11 heteroatoms. The van der Waals surface area contributed by atoms with Crippen molar-refractivity contribution in [2.24, 2.45) is 11.3 Å². The van der Waals surface area contributed by atoms with E-state index in [1.165, 1.54) is 18.3 Å². The van der Waals surface area contributed by atoms with Crippen LogP contribution in [0.5, 0.6) is 0 Å². The van der Waals surface area contributed by atoms with Gasteiger partial charge in [-0.25, -0.2) is 9.37 Å². The summed E-state index contributed by atoms with van der Waals surface area (Å²) >= 11 is 6.21. The number of carbonyl (C=O) groups is 2. The summed E-state index contributed by atoms with van der Waals surface area (Å²) in [5.74, 6) is -2.66. The minimum atomic E-state index is -4.18. The zero-order valence-electron chi connectivity index (χ0n) is 22.4. The van der Waals surface area contributed by atoms with E-state index in [4.69, 9.17) is 11.6 Å². The maximum absolute atomic E-state index is 15.4. The van der Waals surface area contributed by atoms with Crippen LogP contribution >= 0.6 is 11.6 Å². The molecule has 0 unspecified atom stereocenters. The molecule has 1 aromatic heterocycles. The van der Waals surface area contributed by atoms with Crippen LogP contribution < -0.4 is 16.0 Å². The van der Waals surface area contributed by atoms with Crippen LogP contribution in [0.1, 0.15) is 62.4 Å². The van der Waals surface area contributed by atoms with E-state index in [2.05, 4.69) is 20.9 Å². The second kappa shape index (κ2) is 11.6. The van der Waals surface area contributed by atoms with Crippen LogP contribution in [0.15, 0.2) is 42.6 Å². The highest BCUT2D eigenvalue weighted by molar-refractivity contribution is 6.34. The number of hydrogen-bond donors (Lipinski definition) is 3. The molecule has 2 amide bonds. The molecule has 1 saturated carbocycles. The number of hydrogen-bond acceptors (Lipinski definition) is 4. The van der Waals surface area contributed by atoms with Crippen molar-refractivity contribution < 1.29 is 27.2 Å². The summed E-state index contributed by atoms with van der Waals surface area (Å²) in [5.41, 5.74) is -0.519. The molecule has 6 nitrogen and oxygen atoms in total. The van der Waals surface area contributed by atoms with Gasteiger partial charge in [0.15, 0.2) is 0 Å². The molecule has 1 aliphatic carbocycles. The zero-order chi connectivity index (χ0) is 29.2. The highest BCUT2D eigenvalue weighted by Gasteiger charge is 2.41. The smallest absolute Gasteiger partial charge is 0.367 e. The summed E-state index contributed by atoms with van der Waals surface area (Å²) in [6, 6.07) is 9.48. The summed E-state index contributed by atoms with van der Waals surface area (Å²) in [7, 11) is 0. The Balaban J connectivity index is 1.53. The number of nitrogens with zero attached hydrogens (tertiary/aromatic N) is 1. The monoisotopic (exact) mass is 578 g/mol. The number of halogens is 5. The van der Waals surface area contributed by atoms with Gasteiger partial charge in [0.05, 0.1) is 16.5 Å². The molecule has 40 heavy (non-hydrogen) atoms. The fraction of sp³-hybridized carbons (Fsp3) is 0.414. The lowest BCUT2D eigenvalue weighted by atomic mass is 9.85. The zero-order valence-corrected chi connectivity index (χ0v) is 23.1. The van der Waals surface area contributed by atoms with Crippen molar-refractivity contribution >= 4 is 45.7 Å². The van der Waals surface area contributed by atoms with Crippen LogP contribution in [-0.2, 0) is 11.3 Å². The van der Waals surface area contributed by atoms with Gasteiger partial charge in [0.2, 0.25) is 5.91 Å². The molecule has 1 fully saturated rings. The number of rotatable bonds is 6. The van der Waals surface area contributed by atoms with Gasteiger partial charge in [0.1, 0.15) is 11.6 Å². The molecule has 0 bridgehead atoms. The van der Waals surface area contributed by atoms with E-state index in [0.717, 1.165) is 0 Å². The molecule has 0 saturated heterocycles. The molecule has 0 spiro atoms. The molecule has 1 aliphatic rings. The van der Waals surface area contributed by atoms with Gasteiger partial charge in [0, 0.05) is 46.2 Å². The maximum atomic E-state index is 15.4. The van der Waals surface area contributed by atoms with Gasteiger partial charge in [-0.15, -0.1) is 0 Å². The lowest BCUT2D eigenvalue weighted by molar-refractivity contribution is -0.182. The van der Waals surface area contributed by atoms with Crippen LogP contribution in [0, 0.1) is 17.2 Å². The predicted molar refractivity (Wildman–Crippen MR) is 148 cm³/mol. The number of alkyl halides is 3. The Kier molecular flexibility index (Phi) is 8.58. The Bertz CT molecular complexity index is 1410.